The molecule has 0 aliphatic rings. The number of benzene rings is 1. The standard InChI is InChI=1S/C17H18N8O2/c1-24-7-6-18-17(24)16(11-8-12(26-2)10-13(9-11)27-3)19-14-4-5-15-20-22-23-25(15)21-14/h4-10,16H,1-3H3,(H,19,21)/t16-/m1/s1. The van der Waals surface area contributed by atoms with Gasteiger partial charge in [0.25, 0.3) is 0 Å². The molecule has 0 radical (unpaired) electrons. The molecule has 0 fully saturated rings. The third kappa shape index (κ3) is 3.24. The first kappa shape index (κ1) is 16.8. The minimum atomic E-state index is -0.296. The van der Waals surface area contributed by atoms with Gasteiger partial charge in [-0.15, -0.1) is 14.8 Å². The van der Waals surface area contributed by atoms with E-state index in [0.717, 1.165) is 11.4 Å². The van der Waals surface area contributed by atoms with Crippen LogP contribution in [0.2, 0.25) is 0 Å². The molecule has 0 spiro atoms. The molecule has 138 valence electrons. The average Bonchev–Trinajstić information content (AvgIpc) is 3.33. The van der Waals surface area contributed by atoms with E-state index in [4.69, 9.17) is 9.47 Å². The number of hydrogen-bond acceptors (Lipinski definition) is 8. The summed E-state index contributed by atoms with van der Waals surface area (Å²) < 4.78 is 14.1. The lowest BCUT2D eigenvalue weighted by Gasteiger charge is -2.21. The minimum absolute atomic E-state index is 0.296. The summed E-state index contributed by atoms with van der Waals surface area (Å²) in [6.45, 7) is 0. The van der Waals surface area contributed by atoms with E-state index in [-0.39, 0.29) is 6.04 Å². The van der Waals surface area contributed by atoms with Crippen molar-refractivity contribution in [1.29, 1.82) is 0 Å². The second-order valence-corrected chi connectivity index (χ2v) is 5.86. The lowest BCUT2D eigenvalue weighted by Crippen LogP contribution is -2.18. The van der Waals surface area contributed by atoms with Crippen LogP contribution in [0.25, 0.3) is 5.65 Å². The van der Waals surface area contributed by atoms with Crippen LogP contribution < -0.4 is 14.8 Å². The Kier molecular flexibility index (Phi) is 4.29. The highest BCUT2D eigenvalue weighted by Crippen LogP contribution is 2.31. The van der Waals surface area contributed by atoms with Crippen LogP contribution in [-0.2, 0) is 7.05 Å². The van der Waals surface area contributed by atoms with Crippen LogP contribution in [0.1, 0.15) is 17.4 Å². The summed E-state index contributed by atoms with van der Waals surface area (Å²) in [5.74, 6) is 2.79. The molecular weight excluding hydrogens is 348 g/mol. The minimum Gasteiger partial charge on any atom is -0.497 e. The van der Waals surface area contributed by atoms with Crippen LogP contribution in [0.5, 0.6) is 11.5 Å². The Hall–Kier alpha value is -3.69. The van der Waals surface area contributed by atoms with Gasteiger partial charge in [0.2, 0.25) is 0 Å². The Morgan fingerprint density at radius 2 is 1.85 bits per heavy atom. The maximum atomic E-state index is 5.41. The van der Waals surface area contributed by atoms with Crippen molar-refractivity contribution >= 4 is 11.5 Å². The van der Waals surface area contributed by atoms with E-state index in [1.807, 2.05) is 42.1 Å². The van der Waals surface area contributed by atoms with E-state index >= 15 is 0 Å². The first-order valence-corrected chi connectivity index (χ1v) is 8.20. The maximum Gasteiger partial charge on any atom is 0.200 e. The predicted octanol–water partition coefficient (Wildman–Crippen LogP) is 1.47. The smallest absolute Gasteiger partial charge is 0.200 e. The number of ether oxygens (including phenoxy) is 2. The zero-order valence-corrected chi connectivity index (χ0v) is 15.1. The predicted molar refractivity (Wildman–Crippen MR) is 96.8 cm³/mol. The first-order chi connectivity index (χ1) is 13.2. The maximum absolute atomic E-state index is 5.41. The van der Waals surface area contributed by atoms with E-state index in [1.165, 1.54) is 4.63 Å². The van der Waals surface area contributed by atoms with Gasteiger partial charge in [-0.05, 0) is 40.3 Å². The van der Waals surface area contributed by atoms with Crippen molar-refractivity contribution < 1.29 is 9.47 Å². The molecule has 1 aromatic carbocycles. The number of anilines is 1. The van der Waals surface area contributed by atoms with Crippen LogP contribution in [0, 0.1) is 0 Å². The number of tetrazole rings is 1. The van der Waals surface area contributed by atoms with Crippen molar-refractivity contribution in [3.63, 3.8) is 0 Å². The summed E-state index contributed by atoms with van der Waals surface area (Å²) in [4.78, 5) is 4.50. The molecule has 0 saturated carbocycles. The zero-order chi connectivity index (χ0) is 18.8. The van der Waals surface area contributed by atoms with Gasteiger partial charge in [0.15, 0.2) is 5.65 Å². The Bertz CT molecular complexity index is 1050. The van der Waals surface area contributed by atoms with Crippen molar-refractivity contribution in [2.24, 2.45) is 7.05 Å². The summed E-state index contributed by atoms with van der Waals surface area (Å²) in [5.41, 5.74) is 1.48. The van der Waals surface area contributed by atoms with Gasteiger partial charge in [0.05, 0.1) is 14.2 Å². The molecule has 3 heterocycles. The van der Waals surface area contributed by atoms with Crippen molar-refractivity contribution in [3.05, 3.63) is 54.1 Å². The number of aromatic nitrogens is 7. The van der Waals surface area contributed by atoms with E-state index < -0.39 is 0 Å². The molecule has 1 atom stereocenters. The number of fused-ring (bicyclic) bond motifs is 1. The molecular formula is C17H18N8O2. The molecule has 0 saturated heterocycles. The largest absolute Gasteiger partial charge is 0.497 e. The molecule has 0 aliphatic carbocycles. The monoisotopic (exact) mass is 366 g/mol. The number of nitrogens with one attached hydrogen (secondary N) is 1. The fraction of sp³-hybridized carbons (Fsp3) is 0.235. The van der Waals surface area contributed by atoms with E-state index in [9.17, 15) is 0 Å². The Morgan fingerprint density at radius 3 is 2.52 bits per heavy atom. The number of aryl methyl sites for hydroxylation is 1. The second-order valence-electron chi connectivity index (χ2n) is 5.86. The lowest BCUT2D eigenvalue weighted by molar-refractivity contribution is 0.393. The van der Waals surface area contributed by atoms with Crippen molar-refractivity contribution in [2.75, 3.05) is 19.5 Å². The van der Waals surface area contributed by atoms with Gasteiger partial charge in [0.1, 0.15) is 29.2 Å². The molecule has 4 aromatic rings. The fourth-order valence-electron chi connectivity index (χ4n) is 2.82. The number of methoxy groups -OCH3 is 2. The molecule has 0 amide bonds. The van der Waals surface area contributed by atoms with Gasteiger partial charge in [-0.25, -0.2) is 4.98 Å². The highest BCUT2D eigenvalue weighted by molar-refractivity contribution is 5.48. The van der Waals surface area contributed by atoms with E-state index in [2.05, 4.69) is 30.9 Å². The highest BCUT2D eigenvalue weighted by atomic mass is 16.5. The summed E-state index contributed by atoms with van der Waals surface area (Å²) in [6.07, 6.45) is 3.64. The van der Waals surface area contributed by atoms with Gasteiger partial charge in [-0.1, -0.05) is 0 Å². The molecule has 0 aliphatic heterocycles. The third-order valence-electron chi connectivity index (χ3n) is 4.19. The normalized spacial score (nSPS) is 12.1. The molecule has 10 heteroatoms. The van der Waals surface area contributed by atoms with Gasteiger partial charge < -0.3 is 19.4 Å². The van der Waals surface area contributed by atoms with Crippen LogP contribution in [0.3, 0.4) is 0 Å². The molecule has 0 unspecified atom stereocenters. The van der Waals surface area contributed by atoms with Gasteiger partial charge in [0, 0.05) is 25.5 Å². The summed E-state index contributed by atoms with van der Waals surface area (Å²) in [7, 11) is 5.18. The number of imidazole rings is 1. The van der Waals surface area contributed by atoms with E-state index in [0.29, 0.717) is 23.0 Å². The average molecular weight is 366 g/mol. The van der Waals surface area contributed by atoms with Crippen LogP contribution in [-0.4, -0.2) is 49.0 Å². The third-order valence-corrected chi connectivity index (χ3v) is 4.19. The molecule has 0 bridgehead atoms. The second kappa shape index (κ2) is 6.90. The zero-order valence-electron chi connectivity index (χ0n) is 15.1. The SMILES string of the molecule is COc1cc(OC)cc([C@@H](Nc2ccc3nnnn3n2)c2nccn2C)c1. The number of nitrogens with zero attached hydrogens (tertiary/aromatic N) is 7. The van der Waals surface area contributed by atoms with Gasteiger partial charge in [-0.2, -0.15) is 0 Å². The highest BCUT2D eigenvalue weighted by Gasteiger charge is 2.21. The molecule has 3 aromatic heterocycles. The molecule has 10 nitrogen and oxygen atoms in total. The topological polar surface area (TPSA) is 104 Å². The quantitative estimate of drug-likeness (QED) is 0.547. The molecule has 1 N–H and O–H groups in total. The molecule has 4 rings (SSSR count). The fourth-order valence-corrected chi connectivity index (χ4v) is 2.82. The van der Waals surface area contributed by atoms with Gasteiger partial charge >= 0.3 is 0 Å². The Labute approximate surface area is 154 Å². The van der Waals surface area contributed by atoms with Gasteiger partial charge in [-0.3, -0.25) is 0 Å². The number of hydrogen-bond donors (Lipinski definition) is 1. The lowest BCUT2D eigenvalue weighted by atomic mass is 10.0. The summed E-state index contributed by atoms with van der Waals surface area (Å²) in [5, 5.41) is 19.1. The van der Waals surface area contributed by atoms with Crippen LogP contribution in [0.4, 0.5) is 5.82 Å². The van der Waals surface area contributed by atoms with E-state index in [1.54, 1.807) is 26.5 Å². The summed E-state index contributed by atoms with van der Waals surface area (Å²) in [6, 6.07) is 9.00. The first-order valence-electron chi connectivity index (χ1n) is 8.20. The van der Waals surface area contributed by atoms with Crippen molar-refractivity contribution in [3.8, 4) is 11.5 Å². The van der Waals surface area contributed by atoms with Crippen molar-refractivity contribution in [1.82, 2.24) is 34.8 Å². The Morgan fingerprint density at radius 1 is 1.07 bits per heavy atom. The Balaban J connectivity index is 1.79. The molecule has 27 heavy (non-hydrogen) atoms. The summed E-state index contributed by atoms with van der Waals surface area (Å²) >= 11 is 0. The van der Waals surface area contributed by atoms with Crippen LogP contribution in [0.15, 0.2) is 42.7 Å². The van der Waals surface area contributed by atoms with Crippen LogP contribution >= 0.6 is 0 Å². The number of rotatable bonds is 6. The van der Waals surface area contributed by atoms with Crippen molar-refractivity contribution in [2.45, 2.75) is 6.04 Å².